The molecule has 1 aromatic carbocycles. The van der Waals surface area contributed by atoms with E-state index in [9.17, 15) is 4.79 Å². The van der Waals surface area contributed by atoms with Crippen molar-refractivity contribution in [2.24, 2.45) is 4.99 Å². The van der Waals surface area contributed by atoms with Crippen molar-refractivity contribution in [1.29, 1.82) is 0 Å². The van der Waals surface area contributed by atoms with Gasteiger partial charge in [0.15, 0.2) is 5.96 Å². The van der Waals surface area contributed by atoms with Gasteiger partial charge in [0, 0.05) is 31.5 Å². The van der Waals surface area contributed by atoms with Crippen molar-refractivity contribution in [1.82, 2.24) is 10.6 Å². The molecule has 32 heavy (non-hydrogen) atoms. The monoisotopic (exact) mass is 560 g/mol. The lowest BCUT2D eigenvalue weighted by molar-refractivity contribution is -0.119. The summed E-state index contributed by atoms with van der Waals surface area (Å²) in [4.78, 5) is 16.5. The molecule has 2 aliphatic rings. The van der Waals surface area contributed by atoms with Gasteiger partial charge < -0.3 is 30.2 Å². The normalized spacial score (nSPS) is 18.2. The molecule has 1 unspecified atom stereocenters. The summed E-state index contributed by atoms with van der Waals surface area (Å²) in [5.41, 5.74) is 0.875. The van der Waals surface area contributed by atoms with Crippen LogP contribution in [0.1, 0.15) is 46.0 Å². The molecule has 0 radical (unpaired) electrons. The van der Waals surface area contributed by atoms with Crippen molar-refractivity contribution in [3.8, 4) is 5.75 Å². The lowest BCUT2D eigenvalue weighted by Gasteiger charge is -2.15. The summed E-state index contributed by atoms with van der Waals surface area (Å²) < 4.78 is 17.0. The zero-order valence-electron chi connectivity index (χ0n) is 19.1. The molecule has 1 aromatic rings. The fraction of sp³-hybridized carbons (Fsp3) is 0.652. The summed E-state index contributed by atoms with van der Waals surface area (Å²) in [6.07, 6.45) is 5.56. The predicted octanol–water partition coefficient (Wildman–Crippen LogP) is 3.31. The van der Waals surface area contributed by atoms with Crippen LogP contribution < -0.4 is 20.7 Å². The van der Waals surface area contributed by atoms with Crippen LogP contribution in [0.4, 0.5) is 5.69 Å². The summed E-state index contributed by atoms with van der Waals surface area (Å²) in [5.74, 6) is 1.34. The highest BCUT2D eigenvalue weighted by atomic mass is 127. The van der Waals surface area contributed by atoms with Gasteiger partial charge in [-0.2, -0.15) is 0 Å². The number of aliphatic imine (C=N–C) groups is 1. The average Bonchev–Trinajstić information content (AvgIpc) is 3.40. The van der Waals surface area contributed by atoms with Gasteiger partial charge in [-0.15, -0.1) is 24.0 Å². The van der Waals surface area contributed by atoms with E-state index in [0.29, 0.717) is 31.8 Å². The Labute approximate surface area is 208 Å². The molecule has 1 saturated heterocycles. The number of hydrogen-bond donors (Lipinski definition) is 3. The first-order valence-electron chi connectivity index (χ1n) is 11.4. The molecule has 1 amide bonds. The first-order chi connectivity index (χ1) is 15.1. The topological polar surface area (TPSA) is 93.2 Å². The minimum absolute atomic E-state index is 0. The average molecular weight is 560 g/mol. The second-order valence-electron chi connectivity index (χ2n) is 8.31. The molecule has 1 atom stereocenters. The number of hydrogen-bond acceptors (Lipinski definition) is 5. The van der Waals surface area contributed by atoms with E-state index in [-0.39, 0.29) is 48.6 Å². The van der Waals surface area contributed by atoms with E-state index < -0.39 is 0 Å². The molecule has 9 heteroatoms. The first-order valence-corrected chi connectivity index (χ1v) is 11.4. The number of amides is 1. The molecule has 1 heterocycles. The van der Waals surface area contributed by atoms with Gasteiger partial charge in [0.05, 0.1) is 18.8 Å². The van der Waals surface area contributed by atoms with Crippen LogP contribution in [0.2, 0.25) is 0 Å². The highest BCUT2D eigenvalue weighted by Crippen LogP contribution is 2.18. The fourth-order valence-corrected chi connectivity index (χ4v) is 3.19. The number of anilines is 1. The van der Waals surface area contributed by atoms with Crippen molar-refractivity contribution in [2.45, 2.75) is 64.2 Å². The van der Waals surface area contributed by atoms with E-state index in [1.165, 1.54) is 0 Å². The van der Waals surface area contributed by atoms with Crippen LogP contribution in [0.3, 0.4) is 0 Å². The number of ether oxygens (including phenoxy) is 3. The number of nitrogens with one attached hydrogen (secondary N) is 3. The SMILES string of the molecule is CC(C)Oc1ccc(NC(=NCC(=O)NC2CC2)NCCCOCC2CCCO2)cc1.I. The number of carbonyl (C=O) groups is 1. The Morgan fingerprint density at radius 1 is 1.22 bits per heavy atom. The molecule has 8 nitrogen and oxygen atoms in total. The maximum absolute atomic E-state index is 12.0. The third-order valence-electron chi connectivity index (χ3n) is 4.90. The Hall–Kier alpha value is -1.59. The Kier molecular flexibility index (Phi) is 12.1. The highest BCUT2D eigenvalue weighted by Gasteiger charge is 2.22. The molecule has 3 N–H and O–H groups in total. The third kappa shape index (κ3) is 10.8. The molecule has 1 aliphatic heterocycles. The molecular formula is C23H37IN4O4. The maximum atomic E-state index is 12.0. The van der Waals surface area contributed by atoms with Crippen molar-refractivity contribution in [3.63, 3.8) is 0 Å². The van der Waals surface area contributed by atoms with Gasteiger partial charge in [-0.1, -0.05) is 0 Å². The minimum atomic E-state index is -0.0517. The number of benzene rings is 1. The zero-order valence-corrected chi connectivity index (χ0v) is 21.4. The minimum Gasteiger partial charge on any atom is -0.491 e. The van der Waals surface area contributed by atoms with Crippen LogP contribution in [-0.4, -0.2) is 63.0 Å². The smallest absolute Gasteiger partial charge is 0.242 e. The lowest BCUT2D eigenvalue weighted by Crippen LogP contribution is -2.34. The molecule has 0 aromatic heterocycles. The fourth-order valence-electron chi connectivity index (χ4n) is 3.19. The second-order valence-corrected chi connectivity index (χ2v) is 8.31. The predicted molar refractivity (Wildman–Crippen MR) is 137 cm³/mol. The number of rotatable bonds is 12. The molecular weight excluding hydrogens is 523 g/mol. The first kappa shape index (κ1) is 26.7. The van der Waals surface area contributed by atoms with E-state index in [0.717, 1.165) is 50.1 Å². The van der Waals surface area contributed by atoms with E-state index in [1.807, 2.05) is 38.1 Å². The molecule has 0 bridgehead atoms. The van der Waals surface area contributed by atoms with Crippen LogP contribution in [-0.2, 0) is 14.3 Å². The third-order valence-corrected chi connectivity index (χ3v) is 4.90. The van der Waals surface area contributed by atoms with Crippen LogP contribution >= 0.6 is 24.0 Å². The van der Waals surface area contributed by atoms with E-state index in [2.05, 4.69) is 20.9 Å². The molecule has 1 aliphatic carbocycles. The summed E-state index contributed by atoms with van der Waals surface area (Å²) in [7, 11) is 0. The Morgan fingerprint density at radius 3 is 2.66 bits per heavy atom. The van der Waals surface area contributed by atoms with Gasteiger partial charge in [-0.25, -0.2) is 4.99 Å². The largest absolute Gasteiger partial charge is 0.491 e. The van der Waals surface area contributed by atoms with E-state index in [1.54, 1.807) is 0 Å². The quantitative estimate of drug-likeness (QED) is 0.157. The highest BCUT2D eigenvalue weighted by molar-refractivity contribution is 14.0. The van der Waals surface area contributed by atoms with Gasteiger partial charge in [-0.05, 0) is 70.2 Å². The van der Waals surface area contributed by atoms with Gasteiger partial charge in [-0.3, -0.25) is 4.79 Å². The van der Waals surface area contributed by atoms with E-state index >= 15 is 0 Å². The number of guanidine groups is 1. The van der Waals surface area contributed by atoms with Gasteiger partial charge in [0.1, 0.15) is 12.3 Å². The number of carbonyl (C=O) groups excluding carboxylic acids is 1. The summed E-state index contributed by atoms with van der Waals surface area (Å²) in [6.45, 7) is 6.94. The summed E-state index contributed by atoms with van der Waals surface area (Å²) in [5, 5.41) is 9.51. The van der Waals surface area contributed by atoms with Gasteiger partial charge >= 0.3 is 0 Å². The van der Waals surface area contributed by atoms with Gasteiger partial charge in [0.2, 0.25) is 5.91 Å². The van der Waals surface area contributed by atoms with Crippen molar-refractivity contribution >= 4 is 41.5 Å². The summed E-state index contributed by atoms with van der Waals surface area (Å²) in [6, 6.07) is 8.03. The second kappa shape index (κ2) is 14.5. The lowest BCUT2D eigenvalue weighted by atomic mass is 10.2. The van der Waals surface area contributed by atoms with Crippen molar-refractivity contribution in [3.05, 3.63) is 24.3 Å². The zero-order chi connectivity index (χ0) is 21.9. The molecule has 2 fully saturated rings. The van der Waals surface area contributed by atoms with Gasteiger partial charge in [0.25, 0.3) is 0 Å². The Bertz CT molecular complexity index is 704. The van der Waals surface area contributed by atoms with Crippen LogP contribution in [0.5, 0.6) is 5.75 Å². The standard InChI is InChI=1S/C23H36N4O4.HI/c1-17(2)31-20-10-8-19(9-11-20)27-23(25-15-22(28)26-18-6-7-18)24-12-4-13-29-16-21-5-3-14-30-21;/h8-11,17-18,21H,3-7,12-16H2,1-2H3,(H,26,28)(H2,24,25,27);1H. The number of nitrogens with zero attached hydrogens (tertiary/aromatic N) is 1. The van der Waals surface area contributed by atoms with E-state index in [4.69, 9.17) is 14.2 Å². The molecule has 3 rings (SSSR count). The van der Waals surface area contributed by atoms with Crippen LogP contribution in [0.15, 0.2) is 29.3 Å². The Balaban J connectivity index is 0.00000363. The van der Waals surface area contributed by atoms with Crippen LogP contribution in [0.25, 0.3) is 0 Å². The summed E-state index contributed by atoms with van der Waals surface area (Å²) >= 11 is 0. The maximum Gasteiger partial charge on any atom is 0.242 e. The van der Waals surface area contributed by atoms with Crippen molar-refractivity contribution < 1.29 is 19.0 Å². The number of halogens is 1. The molecule has 180 valence electrons. The van der Waals surface area contributed by atoms with Crippen LogP contribution in [0, 0.1) is 0 Å². The Morgan fingerprint density at radius 2 is 2.00 bits per heavy atom. The molecule has 1 saturated carbocycles. The molecule has 0 spiro atoms. The van der Waals surface area contributed by atoms with Crippen molar-refractivity contribution in [2.75, 3.05) is 38.2 Å².